The van der Waals surface area contributed by atoms with Gasteiger partial charge in [0.1, 0.15) is 12.4 Å². The molecule has 30 heavy (non-hydrogen) atoms. The summed E-state index contributed by atoms with van der Waals surface area (Å²) in [7, 11) is 3.57. The van der Waals surface area contributed by atoms with Gasteiger partial charge in [0.05, 0.1) is 6.54 Å². The second-order valence-electron chi connectivity index (χ2n) is 7.03. The lowest BCUT2D eigenvalue weighted by Gasteiger charge is -2.32. The molecule has 162 valence electrons. The molecule has 0 atom stereocenters. The SMILES string of the molecule is COCc1nc(C2CC(N)C2)cc(N(C)Cc2nc(-c3ccncc3)no2)n1.Cl.Cl. The van der Waals surface area contributed by atoms with Crippen molar-refractivity contribution >= 4 is 30.6 Å². The molecule has 0 bridgehead atoms. The van der Waals surface area contributed by atoms with E-state index in [4.69, 9.17) is 15.0 Å². The number of nitrogens with two attached hydrogens (primary N) is 1. The number of pyridine rings is 1. The summed E-state index contributed by atoms with van der Waals surface area (Å²) in [6.45, 7) is 0.797. The highest BCUT2D eigenvalue weighted by atomic mass is 35.5. The topological polar surface area (TPSA) is 116 Å². The Bertz CT molecular complexity index is 936. The van der Waals surface area contributed by atoms with Gasteiger partial charge >= 0.3 is 0 Å². The van der Waals surface area contributed by atoms with Crippen molar-refractivity contribution in [3.63, 3.8) is 0 Å². The molecule has 0 amide bonds. The monoisotopic (exact) mass is 453 g/mol. The largest absolute Gasteiger partial charge is 0.377 e. The lowest BCUT2D eigenvalue weighted by atomic mass is 9.78. The highest BCUT2D eigenvalue weighted by molar-refractivity contribution is 5.85. The third-order valence-electron chi connectivity index (χ3n) is 4.82. The number of hydrogen-bond donors (Lipinski definition) is 1. The number of methoxy groups -OCH3 is 1. The van der Waals surface area contributed by atoms with Crippen molar-refractivity contribution < 1.29 is 9.26 Å². The van der Waals surface area contributed by atoms with E-state index in [1.807, 2.05) is 30.1 Å². The minimum Gasteiger partial charge on any atom is -0.377 e. The minimum atomic E-state index is 0. The third kappa shape index (κ3) is 5.42. The van der Waals surface area contributed by atoms with Crippen molar-refractivity contribution in [1.82, 2.24) is 25.1 Å². The lowest BCUT2D eigenvalue weighted by molar-refractivity contribution is 0.177. The third-order valence-corrected chi connectivity index (χ3v) is 4.82. The van der Waals surface area contributed by atoms with E-state index in [0.717, 1.165) is 29.9 Å². The van der Waals surface area contributed by atoms with Crippen LogP contribution in [0.15, 0.2) is 35.1 Å². The Morgan fingerprint density at radius 3 is 2.57 bits per heavy atom. The first-order chi connectivity index (χ1) is 13.6. The maximum Gasteiger partial charge on any atom is 0.246 e. The number of halogens is 2. The average molecular weight is 454 g/mol. The molecule has 11 heteroatoms. The van der Waals surface area contributed by atoms with Gasteiger partial charge < -0.3 is 19.9 Å². The number of rotatable bonds is 7. The van der Waals surface area contributed by atoms with E-state index in [1.54, 1.807) is 19.5 Å². The molecule has 0 radical (unpaired) electrons. The van der Waals surface area contributed by atoms with E-state index in [9.17, 15) is 0 Å². The predicted molar refractivity (Wildman–Crippen MR) is 117 cm³/mol. The van der Waals surface area contributed by atoms with E-state index in [1.165, 1.54) is 0 Å². The number of ether oxygens (including phenoxy) is 1. The van der Waals surface area contributed by atoms with Gasteiger partial charge in [-0.1, -0.05) is 5.16 Å². The summed E-state index contributed by atoms with van der Waals surface area (Å²) in [5, 5.41) is 4.05. The van der Waals surface area contributed by atoms with Gasteiger partial charge in [0.25, 0.3) is 0 Å². The number of anilines is 1. The maximum atomic E-state index is 5.94. The van der Waals surface area contributed by atoms with Crippen LogP contribution in [0.1, 0.15) is 36.2 Å². The highest BCUT2D eigenvalue weighted by Crippen LogP contribution is 2.35. The zero-order valence-corrected chi connectivity index (χ0v) is 18.4. The second kappa shape index (κ2) is 10.6. The Labute approximate surface area is 187 Å². The average Bonchev–Trinajstić information content (AvgIpc) is 3.15. The van der Waals surface area contributed by atoms with Crippen LogP contribution in [-0.2, 0) is 17.9 Å². The normalized spacial score (nSPS) is 17.4. The molecule has 0 saturated heterocycles. The fourth-order valence-electron chi connectivity index (χ4n) is 3.23. The van der Waals surface area contributed by atoms with Crippen LogP contribution < -0.4 is 10.6 Å². The zero-order valence-electron chi connectivity index (χ0n) is 16.8. The van der Waals surface area contributed by atoms with Gasteiger partial charge in [0, 0.05) is 55.8 Å². The predicted octanol–water partition coefficient (Wildman–Crippen LogP) is 2.75. The molecule has 1 aliphatic rings. The van der Waals surface area contributed by atoms with Crippen LogP contribution in [0, 0.1) is 0 Å². The fourth-order valence-corrected chi connectivity index (χ4v) is 3.23. The summed E-state index contributed by atoms with van der Waals surface area (Å²) in [4.78, 5) is 19.7. The molecule has 4 rings (SSSR count). The number of aromatic nitrogens is 5. The van der Waals surface area contributed by atoms with Crippen LogP contribution in [0.2, 0.25) is 0 Å². The molecule has 1 saturated carbocycles. The van der Waals surface area contributed by atoms with Gasteiger partial charge in [0.2, 0.25) is 11.7 Å². The molecule has 1 fully saturated rings. The molecule has 2 N–H and O–H groups in total. The van der Waals surface area contributed by atoms with Gasteiger partial charge in [0.15, 0.2) is 5.82 Å². The Morgan fingerprint density at radius 2 is 1.90 bits per heavy atom. The van der Waals surface area contributed by atoms with Crippen LogP contribution in [0.4, 0.5) is 5.82 Å². The molecule has 0 aliphatic heterocycles. The van der Waals surface area contributed by atoms with Crippen molar-refractivity contribution in [2.24, 2.45) is 5.73 Å². The van der Waals surface area contributed by atoms with Gasteiger partial charge in [-0.25, -0.2) is 9.97 Å². The standard InChI is InChI=1S/C19H23N7O2.2ClH/c1-26(10-18-24-19(25-28-18)12-3-5-21-6-4-12)17-9-15(13-7-14(20)8-13)22-16(23-17)11-27-2;;/h3-6,9,13-14H,7-8,10-11,20H2,1-2H3;2*1H. The summed E-state index contributed by atoms with van der Waals surface area (Å²) >= 11 is 0. The molecule has 3 aromatic heterocycles. The Morgan fingerprint density at radius 1 is 1.17 bits per heavy atom. The Hall–Kier alpha value is -2.33. The van der Waals surface area contributed by atoms with Gasteiger partial charge in [-0.3, -0.25) is 4.98 Å². The maximum absolute atomic E-state index is 5.94. The molecular weight excluding hydrogens is 429 g/mol. The molecule has 0 aromatic carbocycles. The summed E-state index contributed by atoms with van der Waals surface area (Å²) in [6.07, 6.45) is 5.30. The van der Waals surface area contributed by atoms with Gasteiger partial charge in [-0.2, -0.15) is 4.98 Å². The van der Waals surface area contributed by atoms with Crippen molar-refractivity contribution in [2.45, 2.75) is 38.0 Å². The van der Waals surface area contributed by atoms with Crippen LogP contribution in [0.5, 0.6) is 0 Å². The van der Waals surface area contributed by atoms with Crippen LogP contribution in [-0.4, -0.2) is 45.3 Å². The van der Waals surface area contributed by atoms with E-state index >= 15 is 0 Å². The van der Waals surface area contributed by atoms with Crippen LogP contribution in [0.3, 0.4) is 0 Å². The zero-order chi connectivity index (χ0) is 19.5. The lowest BCUT2D eigenvalue weighted by Crippen LogP contribution is -2.35. The van der Waals surface area contributed by atoms with Crippen molar-refractivity contribution in [3.05, 3.63) is 48.0 Å². The van der Waals surface area contributed by atoms with Crippen LogP contribution in [0.25, 0.3) is 11.4 Å². The summed E-state index contributed by atoms with van der Waals surface area (Å²) in [5.41, 5.74) is 7.81. The fraction of sp³-hybridized carbons (Fsp3) is 0.421. The molecule has 3 heterocycles. The summed E-state index contributed by atoms with van der Waals surface area (Å²) in [6, 6.07) is 5.96. The van der Waals surface area contributed by atoms with Gasteiger partial charge in [-0.15, -0.1) is 24.8 Å². The van der Waals surface area contributed by atoms with E-state index in [-0.39, 0.29) is 30.9 Å². The Kier molecular flexibility index (Phi) is 8.48. The molecule has 0 spiro atoms. The first-order valence-corrected chi connectivity index (χ1v) is 9.19. The van der Waals surface area contributed by atoms with Crippen molar-refractivity contribution in [1.29, 1.82) is 0 Å². The van der Waals surface area contributed by atoms with E-state index in [2.05, 4.69) is 25.1 Å². The highest BCUT2D eigenvalue weighted by Gasteiger charge is 2.29. The first kappa shape index (κ1) is 23.9. The molecular formula is C19H25Cl2N7O2. The summed E-state index contributed by atoms with van der Waals surface area (Å²) in [5.74, 6) is 2.88. The van der Waals surface area contributed by atoms with Crippen LogP contribution >= 0.6 is 24.8 Å². The first-order valence-electron chi connectivity index (χ1n) is 9.19. The number of nitrogens with zero attached hydrogens (tertiary/aromatic N) is 6. The number of hydrogen-bond acceptors (Lipinski definition) is 9. The quantitative estimate of drug-likeness (QED) is 0.575. The van der Waals surface area contributed by atoms with Gasteiger partial charge in [-0.05, 0) is 25.0 Å². The van der Waals surface area contributed by atoms with E-state index in [0.29, 0.717) is 36.6 Å². The van der Waals surface area contributed by atoms with E-state index < -0.39 is 0 Å². The van der Waals surface area contributed by atoms with Crippen molar-refractivity contribution in [3.8, 4) is 11.4 Å². The molecule has 0 unspecified atom stereocenters. The molecule has 9 nitrogen and oxygen atoms in total. The minimum absolute atomic E-state index is 0. The molecule has 1 aliphatic carbocycles. The smallest absolute Gasteiger partial charge is 0.246 e. The molecule has 3 aromatic rings. The van der Waals surface area contributed by atoms with Crippen molar-refractivity contribution in [2.75, 3.05) is 19.1 Å². The Balaban J connectivity index is 0.00000160. The summed E-state index contributed by atoms with van der Waals surface area (Å²) < 4.78 is 10.6. The second-order valence-corrected chi connectivity index (χ2v) is 7.03.